The number of halogens is 1. The lowest BCUT2D eigenvalue weighted by Gasteiger charge is -2.10. The molecule has 0 radical (unpaired) electrons. The van der Waals surface area contributed by atoms with Crippen LogP contribution >= 0.6 is 0 Å². The Morgan fingerprint density at radius 2 is 1.76 bits per heavy atom. The van der Waals surface area contributed by atoms with Crippen LogP contribution in [-0.4, -0.2) is 11.5 Å². The van der Waals surface area contributed by atoms with E-state index in [1.165, 1.54) is 24.3 Å². The number of rotatable bonds is 5. The molecule has 0 unspecified atom stereocenters. The maximum absolute atomic E-state index is 13.4. The van der Waals surface area contributed by atoms with Crippen LogP contribution in [0.15, 0.2) is 36.4 Å². The van der Waals surface area contributed by atoms with Crippen LogP contribution in [0.3, 0.4) is 0 Å². The molecule has 0 saturated carbocycles. The predicted octanol–water partition coefficient (Wildman–Crippen LogP) is 4.22. The summed E-state index contributed by atoms with van der Waals surface area (Å²) in [6.45, 7) is 4.34. The topological polar surface area (TPSA) is 67.2 Å². The van der Waals surface area contributed by atoms with Gasteiger partial charge in [-0.2, -0.15) is 0 Å². The number of anilines is 3. The Bertz CT molecular complexity index is 654. The molecular formula is C15H16FN3O2. The minimum Gasteiger partial charge on any atom is -0.385 e. The van der Waals surface area contributed by atoms with Crippen molar-refractivity contribution in [3.8, 4) is 0 Å². The largest absolute Gasteiger partial charge is 0.385 e. The average molecular weight is 289 g/mol. The summed E-state index contributed by atoms with van der Waals surface area (Å²) in [6.07, 6.45) is 0. The molecule has 2 aromatic rings. The van der Waals surface area contributed by atoms with Gasteiger partial charge in [-0.25, -0.2) is 4.39 Å². The number of nitrogens with zero attached hydrogens (tertiary/aromatic N) is 1. The molecule has 5 nitrogen and oxygen atoms in total. The second kappa shape index (κ2) is 6.21. The summed E-state index contributed by atoms with van der Waals surface area (Å²) in [5, 5.41) is 17.0. The second-order valence-corrected chi connectivity index (χ2v) is 4.70. The molecule has 2 rings (SSSR count). The van der Waals surface area contributed by atoms with E-state index in [0.29, 0.717) is 23.6 Å². The number of benzene rings is 2. The quantitative estimate of drug-likeness (QED) is 0.639. The number of hydrogen-bond acceptors (Lipinski definition) is 4. The number of nitro benzene ring substituents is 1. The maximum Gasteiger partial charge on any atom is 0.273 e. The molecule has 0 aliphatic carbocycles. The van der Waals surface area contributed by atoms with Gasteiger partial charge < -0.3 is 10.6 Å². The van der Waals surface area contributed by atoms with Crippen molar-refractivity contribution in [3.63, 3.8) is 0 Å². The third-order valence-electron chi connectivity index (χ3n) is 2.84. The molecule has 0 heterocycles. The van der Waals surface area contributed by atoms with Crippen molar-refractivity contribution in [3.05, 3.63) is 57.9 Å². The first-order valence-corrected chi connectivity index (χ1v) is 6.55. The lowest BCUT2D eigenvalue weighted by molar-refractivity contribution is -0.384. The molecule has 21 heavy (non-hydrogen) atoms. The third-order valence-corrected chi connectivity index (χ3v) is 2.84. The van der Waals surface area contributed by atoms with E-state index in [1.54, 1.807) is 19.1 Å². The van der Waals surface area contributed by atoms with Gasteiger partial charge in [0.1, 0.15) is 5.82 Å². The Kier molecular flexibility index (Phi) is 4.37. The summed E-state index contributed by atoms with van der Waals surface area (Å²) in [5.74, 6) is -0.352. The highest BCUT2D eigenvalue weighted by molar-refractivity contribution is 5.69. The van der Waals surface area contributed by atoms with Crippen molar-refractivity contribution >= 4 is 22.7 Å². The van der Waals surface area contributed by atoms with Crippen LogP contribution < -0.4 is 10.6 Å². The van der Waals surface area contributed by atoms with Gasteiger partial charge in [-0.05, 0) is 43.7 Å². The maximum atomic E-state index is 13.4. The highest BCUT2D eigenvalue weighted by Crippen LogP contribution is 2.27. The molecule has 0 saturated heterocycles. The van der Waals surface area contributed by atoms with Crippen molar-refractivity contribution in [1.29, 1.82) is 0 Å². The molecule has 0 aliphatic rings. The van der Waals surface area contributed by atoms with Gasteiger partial charge in [-0.15, -0.1) is 0 Å². The van der Waals surface area contributed by atoms with E-state index in [-0.39, 0.29) is 11.5 Å². The third kappa shape index (κ3) is 3.92. The summed E-state index contributed by atoms with van der Waals surface area (Å²) in [6, 6.07) is 9.17. The van der Waals surface area contributed by atoms with Crippen molar-refractivity contribution in [1.82, 2.24) is 0 Å². The van der Waals surface area contributed by atoms with Crippen LogP contribution in [0.5, 0.6) is 0 Å². The number of nitro groups is 1. The highest BCUT2D eigenvalue weighted by atomic mass is 19.1. The Morgan fingerprint density at radius 3 is 2.38 bits per heavy atom. The standard InChI is InChI=1S/C15H16FN3O2/c1-3-17-12-7-14(9-15(8-12)19(20)21)18-13-5-10(2)4-11(16)6-13/h4-9,17-18H,3H2,1-2H3. The molecule has 110 valence electrons. The predicted molar refractivity (Wildman–Crippen MR) is 81.7 cm³/mol. The normalized spacial score (nSPS) is 10.2. The van der Waals surface area contributed by atoms with Crippen molar-refractivity contribution in [2.45, 2.75) is 13.8 Å². The summed E-state index contributed by atoms with van der Waals surface area (Å²) < 4.78 is 13.4. The molecule has 0 aliphatic heterocycles. The van der Waals surface area contributed by atoms with Gasteiger partial charge >= 0.3 is 0 Å². The fourth-order valence-electron chi connectivity index (χ4n) is 2.07. The van der Waals surface area contributed by atoms with Gasteiger partial charge in [0.05, 0.1) is 4.92 Å². The SMILES string of the molecule is CCNc1cc(Nc2cc(C)cc(F)c2)cc([N+](=O)[O-])c1. The molecule has 2 N–H and O–H groups in total. The Balaban J connectivity index is 2.35. The van der Waals surface area contributed by atoms with Gasteiger partial charge in [-0.1, -0.05) is 0 Å². The molecule has 0 aromatic heterocycles. The zero-order valence-corrected chi connectivity index (χ0v) is 11.8. The van der Waals surface area contributed by atoms with Crippen molar-refractivity contribution < 1.29 is 9.31 Å². The van der Waals surface area contributed by atoms with Gasteiger partial charge in [0, 0.05) is 35.7 Å². The smallest absolute Gasteiger partial charge is 0.273 e. The molecule has 0 spiro atoms. The van der Waals surface area contributed by atoms with Crippen LogP contribution in [0.25, 0.3) is 0 Å². The molecule has 2 aromatic carbocycles. The second-order valence-electron chi connectivity index (χ2n) is 4.70. The molecule has 0 fully saturated rings. The average Bonchev–Trinajstić information content (AvgIpc) is 2.37. The van der Waals surface area contributed by atoms with Crippen LogP contribution in [0.4, 0.5) is 27.1 Å². The van der Waals surface area contributed by atoms with E-state index in [2.05, 4.69) is 10.6 Å². The Hall–Kier alpha value is -2.63. The number of non-ortho nitro benzene ring substituents is 1. The van der Waals surface area contributed by atoms with E-state index >= 15 is 0 Å². The van der Waals surface area contributed by atoms with Crippen molar-refractivity contribution in [2.75, 3.05) is 17.2 Å². The van der Waals surface area contributed by atoms with E-state index in [9.17, 15) is 14.5 Å². The highest BCUT2D eigenvalue weighted by Gasteiger charge is 2.10. The Morgan fingerprint density at radius 1 is 1.10 bits per heavy atom. The lowest BCUT2D eigenvalue weighted by atomic mass is 10.2. The van der Waals surface area contributed by atoms with E-state index in [0.717, 1.165) is 5.56 Å². The lowest BCUT2D eigenvalue weighted by Crippen LogP contribution is -2.00. The molecule has 0 bridgehead atoms. The molecule has 6 heteroatoms. The van der Waals surface area contributed by atoms with Crippen LogP contribution in [-0.2, 0) is 0 Å². The first-order chi connectivity index (χ1) is 9.97. The number of aryl methyl sites for hydroxylation is 1. The number of nitrogens with one attached hydrogen (secondary N) is 2. The van der Waals surface area contributed by atoms with Gasteiger partial charge in [0.15, 0.2) is 0 Å². The minimum absolute atomic E-state index is 0.0240. The van der Waals surface area contributed by atoms with Gasteiger partial charge in [0.2, 0.25) is 0 Å². The zero-order chi connectivity index (χ0) is 15.4. The number of hydrogen-bond donors (Lipinski definition) is 2. The van der Waals surface area contributed by atoms with Crippen LogP contribution in [0.2, 0.25) is 0 Å². The summed E-state index contributed by atoms with van der Waals surface area (Å²) in [7, 11) is 0. The van der Waals surface area contributed by atoms with Gasteiger partial charge in [-0.3, -0.25) is 10.1 Å². The van der Waals surface area contributed by atoms with Crippen LogP contribution in [0, 0.1) is 22.9 Å². The van der Waals surface area contributed by atoms with E-state index < -0.39 is 4.92 Å². The Labute approximate surface area is 122 Å². The molecule has 0 amide bonds. The van der Waals surface area contributed by atoms with Gasteiger partial charge in [0.25, 0.3) is 5.69 Å². The summed E-state index contributed by atoms with van der Waals surface area (Å²) in [5.41, 5.74) is 2.47. The first kappa shape index (κ1) is 14.8. The fraction of sp³-hybridized carbons (Fsp3) is 0.200. The molecule has 0 atom stereocenters. The summed E-state index contributed by atoms with van der Waals surface area (Å²) in [4.78, 5) is 10.5. The molecular weight excluding hydrogens is 273 g/mol. The van der Waals surface area contributed by atoms with E-state index in [1.807, 2.05) is 6.92 Å². The fourth-order valence-corrected chi connectivity index (χ4v) is 2.07. The van der Waals surface area contributed by atoms with Crippen LogP contribution in [0.1, 0.15) is 12.5 Å². The zero-order valence-electron chi connectivity index (χ0n) is 11.8. The first-order valence-electron chi connectivity index (χ1n) is 6.55. The monoisotopic (exact) mass is 289 g/mol. The summed E-state index contributed by atoms with van der Waals surface area (Å²) >= 11 is 0. The van der Waals surface area contributed by atoms with Crippen molar-refractivity contribution in [2.24, 2.45) is 0 Å². The van der Waals surface area contributed by atoms with E-state index in [4.69, 9.17) is 0 Å². The minimum atomic E-state index is -0.456.